The first-order valence-electron chi connectivity index (χ1n) is 6.26. The van der Waals surface area contributed by atoms with Crippen molar-refractivity contribution in [3.8, 4) is 11.5 Å². The summed E-state index contributed by atoms with van der Waals surface area (Å²) in [5.74, 6) is 0.662. The molecule has 0 aliphatic carbocycles. The predicted molar refractivity (Wildman–Crippen MR) is 72.9 cm³/mol. The van der Waals surface area contributed by atoms with Crippen molar-refractivity contribution in [3.05, 3.63) is 59.7 Å². The van der Waals surface area contributed by atoms with Gasteiger partial charge in [-0.1, -0.05) is 43.3 Å². The molecule has 94 valence electrons. The highest BCUT2D eigenvalue weighted by Gasteiger charge is 2.12. The smallest absolute Gasteiger partial charge is 0.122 e. The van der Waals surface area contributed by atoms with Crippen molar-refractivity contribution in [1.29, 1.82) is 0 Å². The first-order chi connectivity index (χ1) is 8.70. The molecule has 0 radical (unpaired) electrons. The molecule has 1 unspecified atom stereocenters. The lowest BCUT2D eigenvalue weighted by Crippen LogP contribution is -2.01. The molecule has 0 heterocycles. The molecule has 0 aliphatic heterocycles. The van der Waals surface area contributed by atoms with E-state index < -0.39 is 0 Å². The van der Waals surface area contributed by atoms with Crippen LogP contribution in [0.4, 0.5) is 0 Å². The normalized spacial score (nSPS) is 12.3. The summed E-state index contributed by atoms with van der Waals surface area (Å²) < 4.78 is 0. The Morgan fingerprint density at radius 3 is 2.33 bits per heavy atom. The molecule has 0 saturated carbocycles. The van der Waals surface area contributed by atoms with Gasteiger partial charge in [-0.3, -0.25) is 0 Å². The van der Waals surface area contributed by atoms with Gasteiger partial charge in [-0.25, -0.2) is 0 Å². The van der Waals surface area contributed by atoms with Crippen molar-refractivity contribution in [2.75, 3.05) is 0 Å². The third-order valence-corrected chi connectivity index (χ3v) is 3.30. The first-order valence-corrected chi connectivity index (χ1v) is 6.26. The highest BCUT2D eigenvalue weighted by molar-refractivity contribution is 5.40. The molecule has 0 aromatic heterocycles. The maximum atomic E-state index is 9.82. The van der Waals surface area contributed by atoms with E-state index >= 15 is 0 Å². The third kappa shape index (κ3) is 2.83. The van der Waals surface area contributed by atoms with E-state index in [0.29, 0.717) is 5.92 Å². The zero-order valence-electron chi connectivity index (χ0n) is 10.5. The maximum absolute atomic E-state index is 9.82. The Morgan fingerprint density at radius 1 is 1.00 bits per heavy atom. The Balaban J connectivity index is 2.21. The van der Waals surface area contributed by atoms with Crippen molar-refractivity contribution in [2.45, 2.75) is 25.7 Å². The lowest BCUT2D eigenvalue weighted by Gasteiger charge is -2.16. The summed E-state index contributed by atoms with van der Waals surface area (Å²) in [6.07, 6.45) is 1.80. The average Bonchev–Trinajstić information content (AvgIpc) is 2.39. The summed E-state index contributed by atoms with van der Waals surface area (Å²) >= 11 is 0. The summed E-state index contributed by atoms with van der Waals surface area (Å²) in [5, 5.41) is 19.1. The van der Waals surface area contributed by atoms with Crippen LogP contribution in [0.1, 0.15) is 30.4 Å². The van der Waals surface area contributed by atoms with E-state index in [-0.39, 0.29) is 11.5 Å². The predicted octanol–water partition coefficient (Wildman–Crippen LogP) is 3.83. The van der Waals surface area contributed by atoms with E-state index in [0.717, 1.165) is 18.4 Å². The van der Waals surface area contributed by atoms with E-state index in [2.05, 4.69) is 19.1 Å². The summed E-state index contributed by atoms with van der Waals surface area (Å²) in [6, 6.07) is 15.1. The van der Waals surface area contributed by atoms with Crippen LogP contribution in [0.25, 0.3) is 0 Å². The molecule has 2 aromatic carbocycles. The SMILES string of the molecule is CCC(Cc1ccc(O)cc1O)c1ccccc1. The molecule has 0 bridgehead atoms. The van der Waals surface area contributed by atoms with Crippen LogP contribution in [0.2, 0.25) is 0 Å². The van der Waals surface area contributed by atoms with Crippen molar-refractivity contribution in [2.24, 2.45) is 0 Å². The van der Waals surface area contributed by atoms with E-state index in [9.17, 15) is 10.2 Å². The Hall–Kier alpha value is -1.96. The molecule has 2 heteroatoms. The fourth-order valence-corrected chi connectivity index (χ4v) is 2.21. The van der Waals surface area contributed by atoms with Crippen LogP contribution in [0.5, 0.6) is 11.5 Å². The first kappa shape index (κ1) is 12.5. The van der Waals surface area contributed by atoms with E-state index in [4.69, 9.17) is 0 Å². The molecular formula is C16H18O2. The fourth-order valence-electron chi connectivity index (χ4n) is 2.21. The number of hydrogen-bond acceptors (Lipinski definition) is 2. The molecule has 2 nitrogen and oxygen atoms in total. The molecule has 0 fully saturated rings. The van der Waals surface area contributed by atoms with Crippen LogP contribution in [0, 0.1) is 0 Å². The molecule has 0 amide bonds. The van der Waals surface area contributed by atoms with E-state index in [1.165, 1.54) is 11.6 Å². The number of aromatic hydroxyl groups is 2. The van der Waals surface area contributed by atoms with Gasteiger partial charge in [0.05, 0.1) is 0 Å². The Bertz CT molecular complexity index is 506. The molecule has 1 atom stereocenters. The standard InChI is InChI=1S/C16H18O2/c1-2-12(13-6-4-3-5-7-13)10-14-8-9-15(17)11-16(14)18/h3-9,11-12,17-18H,2,10H2,1H3. The lowest BCUT2D eigenvalue weighted by atomic mass is 9.89. The minimum Gasteiger partial charge on any atom is -0.508 e. The highest BCUT2D eigenvalue weighted by Crippen LogP contribution is 2.30. The second kappa shape index (κ2) is 5.58. The fraction of sp³-hybridized carbons (Fsp3) is 0.250. The van der Waals surface area contributed by atoms with E-state index in [1.54, 1.807) is 12.1 Å². The van der Waals surface area contributed by atoms with Gasteiger partial charge < -0.3 is 10.2 Å². The Morgan fingerprint density at radius 2 is 1.72 bits per heavy atom. The van der Waals surface area contributed by atoms with Gasteiger partial charge in [0.2, 0.25) is 0 Å². The van der Waals surface area contributed by atoms with Crippen LogP contribution in [0.15, 0.2) is 48.5 Å². The maximum Gasteiger partial charge on any atom is 0.122 e. The lowest BCUT2D eigenvalue weighted by molar-refractivity contribution is 0.443. The molecule has 2 N–H and O–H groups in total. The highest BCUT2D eigenvalue weighted by atomic mass is 16.3. The van der Waals surface area contributed by atoms with Crippen molar-refractivity contribution in [1.82, 2.24) is 0 Å². The second-order valence-corrected chi connectivity index (χ2v) is 4.53. The zero-order chi connectivity index (χ0) is 13.0. The van der Waals surface area contributed by atoms with Crippen LogP contribution in [0.3, 0.4) is 0 Å². The molecule has 0 aliphatic rings. The number of benzene rings is 2. The minimum atomic E-state index is 0.101. The molecule has 0 saturated heterocycles. The van der Waals surface area contributed by atoms with Crippen molar-refractivity contribution >= 4 is 0 Å². The minimum absolute atomic E-state index is 0.101. The van der Waals surface area contributed by atoms with Crippen molar-refractivity contribution in [3.63, 3.8) is 0 Å². The summed E-state index contributed by atoms with van der Waals surface area (Å²) in [4.78, 5) is 0. The zero-order valence-corrected chi connectivity index (χ0v) is 10.5. The largest absolute Gasteiger partial charge is 0.508 e. The molecule has 2 rings (SSSR count). The summed E-state index contributed by atoms with van der Waals surface area (Å²) in [6.45, 7) is 2.15. The molecule has 18 heavy (non-hydrogen) atoms. The van der Waals surface area contributed by atoms with Gasteiger partial charge in [0.25, 0.3) is 0 Å². The summed E-state index contributed by atoms with van der Waals surface area (Å²) in [5.41, 5.74) is 2.16. The Kier molecular flexibility index (Phi) is 3.88. The number of phenols is 2. The van der Waals surface area contributed by atoms with Gasteiger partial charge in [0.15, 0.2) is 0 Å². The van der Waals surface area contributed by atoms with Crippen LogP contribution in [-0.4, -0.2) is 10.2 Å². The summed E-state index contributed by atoms with van der Waals surface area (Å²) in [7, 11) is 0. The molecule has 0 spiro atoms. The topological polar surface area (TPSA) is 40.5 Å². The quantitative estimate of drug-likeness (QED) is 0.855. The Labute approximate surface area is 108 Å². The number of hydrogen-bond donors (Lipinski definition) is 2. The number of phenolic OH excluding ortho intramolecular Hbond substituents is 2. The van der Waals surface area contributed by atoms with Gasteiger partial charge in [0.1, 0.15) is 11.5 Å². The monoisotopic (exact) mass is 242 g/mol. The van der Waals surface area contributed by atoms with Gasteiger partial charge in [-0.2, -0.15) is 0 Å². The molecule has 2 aromatic rings. The van der Waals surface area contributed by atoms with Gasteiger partial charge in [0, 0.05) is 6.07 Å². The van der Waals surface area contributed by atoms with E-state index in [1.807, 2.05) is 18.2 Å². The third-order valence-electron chi connectivity index (χ3n) is 3.30. The van der Waals surface area contributed by atoms with Crippen LogP contribution >= 0.6 is 0 Å². The van der Waals surface area contributed by atoms with Gasteiger partial charge >= 0.3 is 0 Å². The van der Waals surface area contributed by atoms with Crippen LogP contribution in [-0.2, 0) is 6.42 Å². The van der Waals surface area contributed by atoms with Crippen molar-refractivity contribution < 1.29 is 10.2 Å². The number of rotatable bonds is 4. The average molecular weight is 242 g/mol. The molecular weight excluding hydrogens is 224 g/mol. The van der Waals surface area contributed by atoms with Gasteiger partial charge in [-0.15, -0.1) is 0 Å². The second-order valence-electron chi connectivity index (χ2n) is 4.53. The van der Waals surface area contributed by atoms with Crippen LogP contribution < -0.4 is 0 Å². The van der Waals surface area contributed by atoms with Gasteiger partial charge in [-0.05, 0) is 36.0 Å².